The number of carbonyl (C=O) groups excluding carboxylic acids is 1. The van der Waals surface area contributed by atoms with E-state index in [1.807, 2.05) is 12.1 Å². The normalized spacial score (nSPS) is 26.4. The van der Waals surface area contributed by atoms with E-state index >= 15 is 0 Å². The summed E-state index contributed by atoms with van der Waals surface area (Å²) in [6, 6.07) is 8.03. The minimum absolute atomic E-state index is 0.118. The van der Waals surface area contributed by atoms with Crippen molar-refractivity contribution in [3.05, 3.63) is 35.4 Å². The van der Waals surface area contributed by atoms with Crippen molar-refractivity contribution < 1.29 is 4.79 Å². The predicted molar refractivity (Wildman–Crippen MR) is 66.4 cm³/mol. The van der Waals surface area contributed by atoms with E-state index < -0.39 is 0 Å². The van der Waals surface area contributed by atoms with Gasteiger partial charge in [-0.3, -0.25) is 10.1 Å². The van der Waals surface area contributed by atoms with Gasteiger partial charge in [-0.2, -0.15) is 0 Å². The van der Waals surface area contributed by atoms with Gasteiger partial charge in [0, 0.05) is 0 Å². The van der Waals surface area contributed by atoms with Gasteiger partial charge in [-0.25, -0.2) is 0 Å². The second-order valence-electron chi connectivity index (χ2n) is 5.27. The number of aryl methyl sites for hydroxylation is 1. The highest BCUT2D eigenvalue weighted by molar-refractivity contribution is 5.86. The fourth-order valence-corrected chi connectivity index (χ4v) is 2.93. The van der Waals surface area contributed by atoms with Crippen LogP contribution in [0.4, 0.5) is 0 Å². The van der Waals surface area contributed by atoms with Gasteiger partial charge in [0.1, 0.15) is 6.04 Å². The molecule has 1 aromatic rings. The predicted octanol–water partition coefficient (Wildman–Crippen LogP) is 2.03. The van der Waals surface area contributed by atoms with Crippen LogP contribution in [0, 0.1) is 6.92 Å². The largest absolute Gasteiger partial charge is 0.336 e. The molecule has 3 rings (SSSR count). The third kappa shape index (κ3) is 1.84. The Bertz CT molecular complexity index is 432. The van der Waals surface area contributed by atoms with E-state index in [9.17, 15) is 4.79 Å². The van der Waals surface area contributed by atoms with E-state index in [1.165, 1.54) is 18.4 Å². The second-order valence-corrected chi connectivity index (χ2v) is 5.27. The van der Waals surface area contributed by atoms with Crippen LogP contribution in [0.25, 0.3) is 0 Å². The van der Waals surface area contributed by atoms with E-state index in [4.69, 9.17) is 0 Å². The summed E-state index contributed by atoms with van der Waals surface area (Å²) < 4.78 is 0. The van der Waals surface area contributed by atoms with Crippen LogP contribution in [0.1, 0.15) is 42.9 Å². The SMILES string of the molecule is Cc1ccc(C2NC3(CCCC3)NC2=O)cc1. The molecule has 1 amide bonds. The van der Waals surface area contributed by atoms with Crippen molar-refractivity contribution in [2.75, 3.05) is 0 Å². The van der Waals surface area contributed by atoms with E-state index in [0.29, 0.717) is 0 Å². The monoisotopic (exact) mass is 230 g/mol. The molecule has 1 atom stereocenters. The lowest BCUT2D eigenvalue weighted by molar-refractivity contribution is -0.121. The van der Waals surface area contributed by atoms with E-state index in [-0.39, 0.29) is 17.6 Å². The number of hydrogen-bond donors (Lipinski definition) is 2. The van der Waals surface area contributed by atoms with Crippen molar-refractivity contribution >= 4 is 5.91 Å². The first kappa shape index (κ1) is 10.8. The summed E-state index contributed by atoms with van der Waals surface area (Å²) in [5.41, 5.74) is 2.17. The first-order valence-electron chi connectivity index (χ1n) is 6.35. The molecule has 1 aliphatic heterocycles. The van der Waals surface area contributed by atoms with E-state index in [0.717, 1.165) is 18.4 Å². The Balaban J connectivity index is 1.85. The summed E-state index contributed by atoms with van der Waals surface area (Å²) in [6.45, 7) is 2.06. The first-order valence-corrected chi connectivity index (χ1v) is 6.35. The van der Waals surface area contributed by atoms with E-state index in [1.54, 1.807) is 0 Å². The van der Waals surface area contributed by atoms with Crippen molar-refractivity contribution in [3.63, 3.8) is 0 Å². The molecule has 0 aromatic heterocycles. The zero-order valence-electron chi connectivity index (χ0n) is 10.1. The maximum absolute atomic E-state index is 12.0. The molecular weight excluding hydrogens is 212 g/mol. The molecule has 0 radical (unpaired) electrons. The first-order chi connectivity index (χ1) is 8.19. The van der Waals surface area contributed by atoms with Crippen LogP contribution in [-0.2, 0) is 4.79 Å². The van der Waals surface area contributed by atoms with Crippen LogP contribution >= 0.6 is 0 Å². The summed E-state index contributed by atoms with van der Waals surface area (Å²) >= 11 is 0. The molecule has 90 valence electrons. The Hall–Kier alpha value is -1.35. The molecule has 3 heteroatoms. The molecule has 1 saturated carbocycles. The summed E-state index contributed by atoms with van der Waals surface area (Å²) in [5, 5.41) is 6.63. The summed E-state index contributed by atoms with van der Waals surface area (Å²) in [4.78, 5) is 12.0. The molecular formula is C14H18N2O. The topological polar surface area (TPSA) is 41.1 Å². The van der Waals surface area contributed by atoms with Gasteiger partial charge in [0.15, 0.2) is 0 Å². The van der Waals surface area contributed by atoms with E-state index in [2.05, 4.69) is 29.7 Å². The van der Waals surface area contributed by atoms with Gasteiger partial charge < -0.3 is 5.32 Å². The van der Waals surface area contributed by atoms with Crippen LogP contribution in [0.5, 0.6) is 0 Å². The maximum atomic E-state index is 12.0. The number of benzene rings is 1. The number of amides is 1. The van der Waals surface area contributed by atoms with Gasteiger partial charge in [0.25, 0.3) is 0 Å². The minimum atomic E-state index is -0.173. The summed E-state index contributed by atoms with van der Waals surface area (Å²) in [6.07, 6.45) is 4.52. The fraction of sp³-hybridized carbons (Fsp3) is 0.500. The average Bonchev–Trinajstić information content (AvgIpc) is 2.88. The van der Waals surface area contributed by atoms with Crippen LogP contribution < -0.4 is 10.6 Å². The molecule has 1 unspecified atom stereocenters. The molecule has 2 fully saturated rings. The zero-order chi connectivity index (χ0) is 11.9. The third-order valence-electron chi connectivity index (χ3n) is 3.91. The van der Waals surface area contributed by atoms with Gasteiger partial charge in [0.2, 0.25) is 5.91 Å². The molecule has 0 bridgehead atoms. The highest BCUT2D eigenvalue weighted by Crippen LogP contribution is 2.34. The van der Waals surface area contributed by atoms with Gasteiger partial charge in [-0.15, -0.1) is 0 Å². The van der Waals surface area contributed by atoms with Crippen molar-refractivity contribution in [2.24, 2.45) is 0 Å². The Morgan fingerprint density at radius 1 is 1.18 bits per heavy atom. The van der Waals surface area contributed by atoms with Crippen LogP contribution in [0.2, 0.25) is 0 Å². The molecule has 1 aliphatic carbocycles. The number of hydrogen-bond acceptors (Lipinski definition) is 2. The molecule has 3 nitrogen and oxygen atoms in total. The standard InChI is InChI=1S/C14H18N2O/c1-10-4-6-11(7-5-10)12-13(17)16-14(15-12)8-2-3-9-14/h4-7,12,15H,2-3,8-9H2,1H3,(H,16,17). The average molecular weight is 230 g/mol. The number of carbonyl (C=O) groups is 1. The highest BCUT2D eigenvalue weighted by Gasteiger charge is 2.45. The van der Waals surface area contributed by atoms with Crippen molar-refractivity contribution in [1.29, 1.82) is 0 Å². The van der Waals surface area contributed by atoms with Gasteiger partial charge in [0.05, 0.1) is 5.66 Å². The van der Waals surface area contributed by atoms with Crippen molar-refractivity contribution in [3.8, 4) is 0 Å². The second kappa shape index (κ2) is 3.84. The molecule has 2 N–H and O–H groups in total. The fourth-order valence-electron chi connectivity index (χ4n) is 2.93. The Morgan fingerprint density at radius 3 is 2.47 bits per heavy atom. The van der Waals surface area contributed by atoms with Gasteiger partial charge in [-0.1, -0.05) is 29.8 Å². The molecule has 1 aromatic carbocycles. The third-order valence-corrected chi connectivity index (χ3v) is 3.91. The molecule has 1 saturated heterocycles. The summed E-state index contributed by atoms with van der Waals surface area (Å²) in [7, 11) is 0. The maximum Gasteiger partial charge on any atom is 0.243 e. The smallest absolute Gasteiger partial charge is 0.243 e. The molecule has 2 aliphatic rings. The van der Waals surface area contributed by atoms with Crippen molar-refractivity contribution in [2.45, 2.75) is 44.3 Å². The molecule has 17 heavy (non-hydrogen) atoms. The minimum Gasteiger partial charge on any atom is -0.336 e. The lowest BCUT2D eigenvalue weighted by Crippen LogP contribution is -2.46. The van der Waals surface area contributed by atoms with Crippen LogP contribution in [0.15, 0.2) is 24.3 Å². The number of nitrogens with one attached hydrogen (secondary N) is 2. The van der Waals surface area contributed by atoms with Crippen LogP contribution in [-0.4, -0.2) is 11.6 Å². The quantitative estimate of drug-likeness (QED) is 0.775. The molecule has 1 heterocycles. The Kier molecular flexibility index (Phi) is 2.44. The van der Waals surface area contributed by atoms with Gasteiger partial charge >= 0.3 is 0 Å². The Morgan fingerprint density at radius 2 is 1.82 bits per heavy atom. The van der Waals surface area contributed by atoms with Crippen LogP contribution in [0.3, 0.4) is 0 Å². The zero-order valence-corrected chi connectivity index (χ0v) is 10.1. The van der Waals surface area contributed by atoms with Crippen molar-refractivity contribution in [1.82, 2.24) is 10.6 Å². The Labute approximate surface area is 102 Å². The number of rotatable bonds is 1. The lowest BCUT2D eigenvalue weighted by Gasteiger charge is -2.23. The highest BCUT2D eigenvalue weighted by atomic mass is 16.2. The summed E-state index contributed by atoms with van der Waals surface area (Å²) in [5.74, 6) is 0.121. The molecule has 1 spiro atoms. The lowest BCUT2D eigenvalue weighted by atomic mass is 10.0. The van der Waals surface area contributed by atoms with Gasteiger partial charge in [-0.05, 0) is 38.2 Å².